The van der Waals surface area contributed by atoms with E-state index in [-0.39, 0.29) is 19.0 Å². The number of nitrogens with zero attached hydrogens (tertiary/aromatic N) is 5. The summed E-state index contributed by atoms with van der Waals surface area (Å²) in [6, 6.07) is 0. The quantitative estimate of drug-likeness (QED) is 0.719. The van der Waals surface area contributed by atoms with E-state index in [0.717, 1.165) is 0 Å². The van der Waals surface area contributed by atoms with Crippen molar-refractivity contribution in [2.45, 2.75) is 25.6 Å². The standard InChI is InChI=1S/C12H15N5O3/c1-2-8-7(3-13-12-14-6-15-17(8)12)11(20)16-4-9(18)10(19)5-16/h3,6,9-10,18-19H,2,4-5H2,1H3/t9-,10+. The fourth-order valence-electron chi connectivity index (χ4n) is 2.45. The molecule has 0 radical (unpaired) electrons. The summed E-state index contributed by atoms with van der Waals surface area (Å²) >= 11 is 0. The number of hydrogen-bond donors (Lipinski definition) is 2. The van der Waals surface area contributed by atoms with E-state index >= 15 is 0 Å². The van der Waals surface area contributed by atoms with E-state index in [4.69, 9.17) is 0 Å². The molecule has 2 aromatic heterocycles. The molecule has 3 heterocycles. The maximum absolute atomic E-state index is 12.5. The van der Waals surface area contributed by atoms with Gasteiger partial charge in [0.05, 0.1) is 23.5 Å². The van der Waals surface area contributed by atoms with Crippen molar-refractivity contribution in [1.29, 1.82) is 0 Å². The molecule has 0 spiro atoms. The molecule has 2 atom stereocenters. The van der Waals surface area contributed by atoms with Crippen molar-refractivity contribution >= 4 is 11.7 Å². The van der Waals surface area contributed by atoms with Gasteiger partial charge in [-0.2, -0.15) is 10.1 Å². The second-order valence-corrected chi connectivity index (χ2v) is 4.79. The van der Waals surface area contributed by atoms with Crippen LogP contribution >= 0.6 is 0 Å². The van der Waals surface area contributed by atoms with Gasteiger partial charge in [-0.3, -0.25) is 4.79 Å². The molecule has 0 unspecified atom stereocenters. The van der Waals surface area contributed by atoms with Crippen molar-refractivity contribution in [3.63, 3.8) is 0 Å². The van der Waals surface area contributed by atoms with Gasteiger partial charge in [0.15, 0.2) is 0 Å². The van der Waals surface area contributed by atoms with Crippen molar-refractivity contribution in [3.8, 4) is 0 Å². The van der Waals surface area contributed by atoms with E-state index in [2.05, 4.69) is 15.1 Å². The van der Waals surface area contributed by atoms with Gasteiger partial charge in [0.25, 0.3) is 11.7 Å². The molecule has 3 rings (SSSR count). The first kappa shape index (κ1) is 12.9. The zero-order valence-electron chi connectivity index (χ0n) is 11.0. The third-order valence-corrected chi connectivity index (χ3v) is 3.52. The largest absolute Gasteiger partial charge is 0.388 e. The van der Waals surface area contributed by atoms with Crippen LogP contribution in [0.15, 0.2) is 12.5 Å². The molecule has 1 aliphatic rings. The van der Waals surface area contributed by atoms with Gasteiger partial charge in [0.2, 0.25) is 0 Å². The highest BCUT2D eigenvalue weighted by molar-refractivity contribution is 5.95. The van der Waals surface area contributed by atoms with Gasteiger partial charge in [-0.1, -0.05) is 6.92 Å². The first-order chi connectivity index (χ1) is 9.61. The lowest BCUT2D eigenvalue weighted by Crippen LogP contribution is -2.31. The van der Waals surface area contributed by atoms with Gasteiger partial charge in [-0.05, 0) is 6.42 Å². The lowest BCUT2D eigenvalue weighted by Gasteiger charge is -2.17. The lowest BCUT2D eigenvalue weighted by atomic mass is 10.1. The van der Waals surface area contributed by atoms with E-state index < -0.39 is 12.2 Å². The van der Waals surface area contributed by atoms with E-state index in [1.54, 1.807) is 0 Å². The van der Waals surface area contributed by atoms with Crippen LogP contribution in [0.4, 0.5) is 0 Å². The summed E-state index contributed by atoms with van der Waals surface area (Å²) in [7, 11) is 0. The molecule has 0 saturated carbocycles. The number of carbonyl (C=O) groups is 1. The number of likely N-dealkylation sites (tertiary alicyclic amines) is 1. The smallest absolute Gasteiger partial charge is 0.257 e. The van der Waals surface area contributed by atoms with Crippen LogP contribution in [0.5, 0.6) is 0 Å². The summed E-state index contributed by atoms with van der Waals surface area (Å²) in [6.45, 7) is 2.16. The minimum absolute atomic E-state index is 0.124. The maximum Gasteiger partial charge on any atom is 0.257 e. The second kappa shape index (κ2) is 4.80. The minimum Gasteiger partial charge on any atom is -0.388 e. The Balaban J connectivity index is 1.99. The van der Waals surface area contributed by atoms with Crippen molar-refractivity contribution in [3.05, 3.63) is 23.8 Å². The number of aromatic nitrogens is 4. The number of aliphatic hydroxyl groups is 2. The van der Waals surface area contributed by atoms with E-state index in [1.807, 2.05) is 6.92 Å². The summed E-state index contributed by atoms with van der Waals surface area (Å²) in [5, 5.41) is 23.1. The normalized spacial score (nSPS) is 22.6. The molecule has 1 amide bonds. The predicted molar refractivity (Wildman–Crippen MR) is 68.1 cm³/mol. The monoisotopic (exact) mass is 277 g/mol. The molecule has 2 N–H and O–H groups in total. The molecule has 1 aliphatic heterocycles. The molecule has 0 aliphatic carbocycles. The maximum atomic E-state index is 12.5. The first-order valence-electron chi connectivity index (χ1n) is 6.44. The van der Waals surface area contributed by atoms with E-state index in [1.165, 1.54) is 21.9 Å². The Morgan fingerprint density at radius 3 is 2.70 bits per heavy atom. The molecule has 20 heavy (non-hydrogen) atoms. The van der Waals surface area contributed by atoms with Crippen LogP contribution in [0, 0.1) is 0 Å². The molecule has 106 valence electrons. The summed E-state index contributed by atoms with van der Waals surface area (Å²) in [4.78, 5) is 22.0. The fraction of sp³-hybridized carbons (Fsp3) is 0.500. The number of hydrogen-bond acceptors (Lipinski definition) is 6. The van der Waals surface area contributed by atoms with Crippen LogP contribution in [-0.4, -0.2) is 65.9 Å². The highest BCUT2D eigenvalue weighted by Gasteiger charge is 2.34. The van der Waals surface area contributed by atoms with Crippen LogP contribution < -0.4 is 0 Å². The van der Waals surface area contributed by atoms with Gasteiger partial charge in [-0.15, -0.1) is 0 Å². The minimum atomic E-state index is -0.896. The van der Waals surface area contributed by atoms with E-state index in [0.29, 0.717) is 23.5 Å². The molecule has 1 saturated heterocycles. The Kier molecular flexibility index (Phi) is 3.11. The lowest BCUT2D eigenvalue weighted by molar-refractivity contribution is 0.0572. The Morgan fingerprint density at radius 2 is 2.05 bits per heavy atom. The van der Waals surface area contributed by atoms with Gasteiger partial charge in [-0.25, -0.2) is 9.50 Å². The summed E-state index contributed by atoms with van der Waals surface area (Å²) < 4.78 is 1.54. The topological polar surface area (TPSA) is 104 Å². The first-order valence-corrected chi connectivity index (χ1v) is 6.44. The second-order valence-electron chi connectivity index (χ2n) is 4.79. The van der Waals surface area contributed by atoms with Gasteiger partial charge in [0, 0.05) is 19.3 Å². The SMILES string of the molecule is CCc1c(C(=O)N2C[C@@H](O)[C@@H](O)C2)cnc2ncnn12. The molecule has 8 nitrogen and oxygen atoms in total. The molecular weight excluding hydrogens is 262 g/mol. The van der Waals surface area contributed by atoms with Crippen LogP contribution in [0.25, 0.3) is 5.78 Å². The molecular formula is C12H15N5O3. The number of amides is 1. The molecule has 0 bridgehead atoms. The Labute approximate surface area is 114 Å². The van der Waals surface area contributed by atoms with Crippen molar-refractivity contribution in [2.24, 2.45) is 0 Å². The number of aliphatic hydroxyl groups excluding tert-OH is 2. The molecule has 0 aromatic carbocycles. The zero-order valence-corrected chi connectivity index (χ0v) is 11.0. The number of β-amino-alcohol motifs (C(OH)–C–C–N with tert-alkyl or cyclic N) is 2. The zero-order chi connectivity index (χ0) is 14.3. The Bertz CT molecular complexity index is 646. The summed E-state index contributed by atoms with van der Waals surface area (Å²) in [5.41, 5.74) is 1.14. The Hall–Kier alpha value is -2.06. The molecule has 1 fully saturated rings. The van der Waals surface area contributed by atoms with Crippen LogP contribution in [0.1, 0.15) is 23.0 Å². The fourth-order valence-corrected chi connectivity index (χ4v) is 2.45. The number of rotatable bonds is 2. The van der Waals surface area contributed by atoms with Crippen molar-refractivity contribution < 1.29 is 15.0 Å². The average molecular weight is 277 g/mol. The highest BCUT2D eigenvalue weighted by Crippen LogP contribution is 2.17. The van der Waals surface area contributed by atoms with E-state index in [9.17, 15) is 15.0 Å². The van der Waals surface area contributed by atoms with Crippen LogP contribution in [0.3, 0.4) is 0 Å². The number of fused-ring (bicyclic) bond motifs is 1. The third kappa shape index (κ3) is 1.93. The molecule has 8 heteroatoms. The van der Waals surface area contributed by atoms with Gasteiger partial charge < -0.3 is 15.1 Å². The van der Waals surface area contributed by atoms with Crippen LogP contribution in [-0.2, 0) is 6.42 Å². The molecule has 2 aromatic rings. The predicted octanol–water partition coefficient (Wildman–Crippen LogP) is -1.14. The Morgan fingerprint density at radius 1 is 1.35 bits per heavy atom. The summed E-state index contributed by atoms with van der Waals surface area (Å²) in [5.74, 6) is 0.183. The van der Waals surface area contributed by atoms with Gasteiger partial charge in [0.1, 0.15) is 6.33 Å². The van der Waals surface area contributed by atoms with Crippen molar-refractivity contribution in [1.82, 2.24) is 24.5 Å². The van der Waals surface area contributed by atoms with Crippen molar-refractivity contribution in [2.75, 3.05) is 13.1 Å². The third-order valence-electron chi connectivity index (χ3n) is 3.52. The average Bonchev–Trinajstić information content (AvgIpc) is 3.04. The highest BCUT2D eigenvalue weighted by atomic mass is 16.3. The number of carbonyl (C=O) groups excluding carboxylic acids is 1. The van der Waals surface area contributed by atoms with Gasteiger partial charge >= 0.3 is 0 Å². The van der Waals surface area contributed by atoms with Crippen LogP contribution in [0.2, 0.25) is 0 Å². The number of aryl methyl sites for hydroxylation is 1. The summed E-state index contributed by atoms with van der Waals surface area (Å²) in [6.07, 6.45) is 1.67.